The van der Waals surface area contributed by atoms with Crippen molar-refractivity contribution in [2.45, 2.75) is 6.92 Å². The van der Waals surface area contributed by atoms with Crippen molar-refractivity contribution in [2.75, 3.05) is 11.9 Å². The number of rotatable bonds is 5. The lowest BCUT2D eigenvalue weighted by Crippen LogP contribution is -2.13. The van der Waals surface area contributed by atoms with Crippen molar-refractivity contribution in [3.8, 4) is 11.8 Å². The molecule has 134 valence electrons. The number of carbonyl (C=O) groups is 1. The average molecular weight is 519 g/mol. The van der Waals surface area contributed by atoms with Crippen LogP contribution in [0.4, 0.5) is 5.69 Å². The molecule has 8 heteroatoms. The van der Waals surface area contributed by atoms with E-state index in [1.54, 1.807) is 18.2 Å². The van der Waals surface area contributed by atoms with Crippen molar-refractivity contribution in [3.05, 3.63) is 60.5 Å². The van der Waals surface area contributed by atoms with Crippen LogP contribution >= 0.6 is 55.1 Å². The van der Waals surface area contributed by atoms with E-state index < -0.39 is 5.91 Å². The Kier molecular flexibility index (Phi) is 7.54. The van der Waals surface area contributed by atoms with E-state index in [2.05, 4.69) is 37.2 Å². The summed E-state index contributed by atoms with van der Waals surface area (Å²) in [5.74, 6) is -0.0183. The van der Waals surface area contributed by atoms with Gasteiger partial charge in [-0.05, 0) is 59.3 Å². The topological polar surface area (TPSA) is 62.1 Å². The third-order valence-corrected chi connectivity index (χ3v) is 4.95. The summed E-state index contributed by atoms with van der Waals surface area (Å²) in [6.45, 7) is 2.29. The molecule has 2 aromatic rings. The van der Waals surface area contributed by atoms with Crippen LogP contribution < -0.4 is 10.1 Å². The van der Waals surface area contributed by atoms with Crippen molar-refractivity contribution in [1.29, 1.82) is 5.26 Å². The first kappa shape index (κ1) is 20.8. The van der Waals surface area contributed by atoms with E-state index in [0.29, 0.717) is 38.1 Å². The molecule has 0 saturated heterocycles. The van der Waals surface area contributed by atoms with E-state index in [4.69, 9.17) is 27.9 Å². The predicted octanol–water partition coefficient (Wildman–Crippen LogP) is 6.46. The fraction of sp³-hybridized carbons (Fsp3) is 0.111. The minimum Gasteiger partial charge on any atom is -0.492 e. The first-order valence-electron chi connectivity index (χ1n) is 7.35. The molecule has 0 aliphatic carbocycles. The number of ether oxygens (including phenoxy) is 1. The van der Waals surface area contributed by atoms with Gasteiger partial charge in [-0.1, -0.05) is 39.1 Å². The Hall–Kier alpha value is -1.52. The molecule has 0 aromatic heterocycles. The molecule has 26 heavy (non-hydrogen) atoms. The van der Waals surface area contributed by atoms with Crippen molar-refractivity contribution in [1.82, 2.24) is 0 Å². The average Bonchev–Trinajstić information content (AvgIpc) is 2.58. The molecular weight excluding hydrogens is 507 g/mol. The zero-order chi connectivity index (χ0) is 19.3. The lowest BCUT2D eigenvalue weighted by molar-refractivity contribution is -0.112. The van der Waals surface area contributed by atoms with Crippen molar-refractivity contribution in [3.63, 3.8) is 0 Å². The number of carbonyl (C=O) groups excluding carboxylic acids is 1. The Morgan fingerprint density at radius 2 is 2.00 bits per heavy atom. The van der Waals surface area contributed by atoms with Crippen molar-refractivity contribution >= 4 is 72.7 Å². The molecule has 0 aliphatic heterocycles. The molecule has 0 unspecified atom stereocenters. The van der Waals surface area contributed by atoms with Gasteiger partial charge in [-0.15, -0.1) is 0 Å². The number of hydrogen-bond acceptors (Lipinski definition) is 3. The van der Waals surface area contributed by atoms with Crippen LogP contribution in [0.1, 0.15) is 12.5 Å². The fourth-order valence-electron chi connectivity index (χ4n) is 2.06. The SMILES string of the molecule is CCOc1c(Br)cc(Br)cc1/C=C(\C#N)C(=O)Nc1ccc(Cl)c(Cl)c1. The van der Waals surface area contributed by atoms with Crippen LogP contribution in [-0.4, -0.2) is 12.5 Å². The highest BCUT2D eigenvalue weighted by atomic mass is 79.9. The number of anilines is 1. The second-order valence-electron chi connectivity index (χ2n) is 4.99. The molecule has 4 nitrogen and oxygen atoms in total. The summed E-state index contributed by atoms with van der Waals surface area (Å²) in [5, 5.41) is 12.7. The number of nitrogens with zero attached hydrogens (tertiary/aromatic N) is 1. The highest BCUT2D eigenvalue weighted by molar-refractivity contribution is 9.11. The Morgan fingerprint density at radius 1 is 1.27 bits per heavy atom. The maximum absolute atomic E-state index is 12.4. The van der Waals surface area contributed by atoms with Crippen LogP contribution in [0.2, 0.25) is 10.0 Å². The molecule has 1 N–H and O–H groups in total. The van der Waals surface area contributed by atoms with Crippen LogP contribution in [0, 0.1) is 11.3 Å². The molecule has 0 fully saturated rings. The maximum atomic E-state index is 12.4. The molecule has 0 spiro atoms. The van der Waals surface area contributed by atoms with Gasteiger partial charge in [-0.25, -0.2) is 0 Å². The van der Waals surface area contributed by atoms with Gasteiger partial charge in [0.25, 0.3) is 5.91 Å². The fourth-order valence-corrected chi connectivity index (χ4v) is 3.73. The zero-order valence-electron chi connectivity index (χ0n) is 13.4. The van der Waals surface area contributed by atoms with Crippen LogP contribution in [-0.2, 0) is 4.79 Å². The van der Waals surface area contributed by atoms with E-state index in [9.17, 15) is 10.1 Å². The lowest BCUT2D eigenvalue weighted by atomic mass is 10.1. The van der Waals surface area contributed by atoms with Gasteiger partial charge in [0.15, 0.2) is 0 Å². The Balaban J connectivity index is 2.37. The second-order valence-corrected chi connectivity index (χ2v) is 7.58. The lowest BCUT2D eigenvalue weighted by Gasteiger charge is -2.11. The third kappa shape index (κ3) is 5.24. The van der Waals surface area contributed by atoms with Crippen LogP contribution in [0.5, 0.6) is 5.75 Å². The number of halogens is 4. The Bertz CT molecular complexity index is 924. The summed E-state index contributed by atoms with van der Waals surface area (Å²) < 4.78 is 7.10. The molecule has 0 atom stereocenters. The van der Waals surface area contributed by atoms with Crippen LogP contribution in [0.15, 0.2) is 44.9 Å². The quantitative estimate of drug-likeness (QED) is 0.365. The minimum atomic E-state index is -0.565. The molecule has 0 heterocycles. The standard InChI is InChI=1S/C18H12Br2Cl2N2O2/c1-2-26-17-10(6-12(19)7-14(17)20)5-11(9-23)18(25)24-13-3-4-15(21)16(22)8-13/h3-8H,2H2,1H3,(H,24,25)/b11-5+. The van der Waals surface area contributed by atoms with Crippen molar-refractivity contribution < 1.29 is 9.53 Å². The highest BCUT2D eigenvalue weighted by Crippen LogP contribution is 2.34. The van der Waals surface area contributed by atoms with E-state index in [0.717, 1.165) is 4.47 Å². The number of amides is 1. The van der Waals surface area contributed by atoms with E-state index >= 15 is 0 Å². The van der Waals surface area contributed by atoms with Crippen LogP contribution in [0.25, 0.3) is 6.08 Å². The van der Waals surface area contributed by atoms with Crippen molar-refractivity contribution in [2.24, 2.45) is 0 Å². The van der Waals surface area contributed by atoms with Gasteiger partial charge in [-0.2, -0.15) is 5.26 Å². The highest BCUT2D eigenvalue weighted by Gasteiger charge is 2.14. The Morgan fingerprint density at radius 3 is 2.62 bits per heavy atom. The molecule has 1 amide bonds. The second kappa shape index (κ2) is 9.43. The summed E-state index contributed by atoms with van der Waals surface area (Å²) in [5.41, 5.74) is 0.946. The molecule has 0 aliphatic rings. The van der Waals surface area contributed by atoms with Gasteiger partial charge in [0.2, 0.25) is 0 Å². The predicted molar refractivity (Wildman–Crippen MR) is 112 cm³/mol. The number of hydrogen-bond donors (Lipinski definition) is 1. The van der Waals surface area contributed by atoms with Gasteiger partial charge in [0.1, 0.15) is 17.4 Å². The summed E-state index contributed by atoms with van der Waals surface area (Å²) >= 11 is 18.6. The molecule has 0 saturated carbocycles. The summed E-state index contributed by atoms with van der Waals surface area (Å²) in [6.07, 6.45) is 1.47. The number of nitrogens with one attached hydrogen (secondary N) is 1. The maximum Gasteiger partial charge on any atom is 0.266 e. The minimum absolute atomic E-state index is 0.0815. The molecule has 2 rings (SSSR count). The molecule has 0 bridgehead atoms. The van der Waals surface area contributed by atoms with Gasteiger partial charge < -0.3 is 10.1 Å². The molecular formula is C18H12Br2Cl2N2O2. The monoisotopic (exact) mass is 516 g/mol. The smallest absolute Gasteiger partial charge is 0.266 e. The third-order valence-electron chi connectivity index (χ3n) is 3.17. The summed E-state index contributed by atoms with van der Waals surface area (Å²) in [4.78, 5) is 12.4. The Labute approximate surface area is 178 Å². The molecule has 0 radical (unpaired) electrons. The summed E-state index contributed by atoms with van der Waals surface area (Å²) in [6, 6.07) is 10.2. The van der Waals surface area contributed by atoms with E-state index in [-0.39, 0.29) is 5.57 Å². The normalized spacial score (nSPS) is 11.0. The van der Waals surface area contributed by atoms with E-state index in [1.807, 2.05) is 19.1 Å². The van der Waals surface area contributed by atoms with Crippen LogP contribution in [0.3, 0.4) is 0 Å². The van der Waals surface area contributed by atoms with Gasteiger partial charge in [0.05, 0.1) is 21.1 Å². The summed E-state index contributed by atoms with van der Waals surface area (Å²) in [7, 11) is 0. The van der Waals surface area contributed by atoms with Gasteiger partial charge in [0, 0.05) is 15.7 Å². The number of benzene rings is 2. The van der Waals surface area contributed by atoms with E-state index in [1.165, 1.54) is 12.1 Å². The first-order valence-corrected chi connectivity index (χ1v) is 9.70. The number of nitriles is 1. The first-order chi connectivity index (χ1) is 12.3. The largest absolute Gasteiger partial charge is 0.492 e. The van der Waals surface area contributed by atoms with Gasteiger partial charge >= 0.3 is 0 Å². The van der Waals surface area contributed by atoms with Gasteiger partial charge in [-0.3, -0.25) is 4.79 Å². The molecule has 2 aromatic carbocycles. The zero-order valence-corrected chi connectivity index (χ0v) is 18.1.